The van der Waals surface area contributed by atoms with Gasteiger partial charge in [0, 0.05) is 37.7 Å². The molecule has 1 unspecified atom stereocenters. The van der Waals surface area contributed by atoms with Crippen molar-refractivity contribution >= 4 is 27.7 Å². The van der Waals surface area contributed by atoms with Gasteiger partial charge in [0.05, 0.1) is 5.92 Å². The molecule has 0 spiro atoms. The van der Waals surface area contributed by atoms with Gasteiger partial charge in [0.1, 0.15) is 0 Å². The van der Waals surface area contributed by atoms with Gasteiger partial charge in [-0.1, -0.05) is 30.7 Å². The van der Waals surface area contributed by atoms with E-state index in [1.54, 1.807) is 16.4 Å². The Hall–Kier alpha value is -1.15. The fourth-order valence-corrected chi connectivity index (χ4v) is 5.53. The van der Waals surface area contributed by atoms with Gasteiger partial charge < -0.3 is 5.32 Å². The molecule has 0 aromatic heterocycles. The minimum atomic E-state index is -3.47. The highest BCUT2D eigenvalue weighted by atomic mass is 35.5. The Labute approximate surface area is 167 Å². The maximum absolute atomic E-state index is 12.9. The van der Waals surface area contributed by atoms with Crippen molar-refractivity contribution in [3.05, 3.63) is 34.9 Å². The van der Waals surface area contributed by atoms with Gasteiger partial charge in [0.25, 0.3) is 10.2 Å². The Kier molecular flexibility index (Phi) is 6.78. The van der Waals surface area contributed by atoms with Crippen LogP contribution in [0.3, 0.4) is 0 Å². The van der Waals surface area contributed by atoms with Crippen molar-refractivity contribution in [2.45, 2.75) is 39.2 Å². The van der Waals surface area contributed by atoms with Crippen molar-refractivity contribution in [2.24, 2.45) is 11.8 Å². The molecular weight excluding hydrogens is 386 g/mol. The van der Waals surface area contributed by atoms with E-state index in [0.717, 1.165) is 24.8 Å². The summed E-state index contributed by atoms with van der Waals surface area (Å²) in [5.74, 6) is 0.186. The molecule has 0 saturated carbocycles. The summed E-state index contributed by atoms with van der Waals surface area (Å²) >= 11 is 5.87. The number of halogens is 1. The highest BCUT2D eigenvalue weighted by Crippen LogP contribution is 2.25. The van der Waals surface area contributed by atoms with E-state index in [2.05, 4.69) is 12.2 Å². The van der Waals surface area contributed by atoms with Crippen LogP contribution in [-0.2, 0) is 21.5 Å². The van der Waals surface area contributed by atoms with Crippen molar-refractivity contribution in [1.82, 2.24) is 13.9 Å². The predicted octanol–water partition coefficient (Wildman–Crippen LogP) is 2.64. The molecule has 2 aliphatic rings. The standard InChI is InChI=1S/C19H28ClN3O3S/c1-15-8-11-22(12-9-15)27(25,26)23-10-2-3-17(14-23)19(24)21-13-16-4-6-18(20)7-5-16/h4-7,15,17H,2-3,8-14H2,1H3,(H,21,24). The number of nitrogens with zero attached hydrogens (tertiary/aromatic N) is 2. The summed E-state index contributed by atoms with van der Waals surface area (Å²) in [7, 11) is -3.47. The lowest BCUT2D eigenvalue weighted by Crippen LogP contribution is -2.52. The van der Waals surface area contributed by atoms with Gasteiger partial charge in [0.2, 0.25) is 5.91 Å². The van der Waals surface area contributed by atoms with Crippen LogP contribution in [0.1, 0.15) is 38.2 Å². The second-order valence-electron chi connectivity index (χ2n) is 7.63. The number of nitrogens with one attached hydrogen (secondary N) is 1. The Morgan fingerprint density at radius 2 is 1.78 bits per heavy atom. The molecule has 8 heteroatoms. The fraction of sp³-hybridized carbons (Fsp3) is 0.632. The van der Waals surface area contributed by atoms with Crippen molar-refractivity contribution in [3.63, 3.8) is 0 Å². The van der Waals surface area contributed by atoms with E-state index in [0.29, 0.717) is 43.5 Å². The summed E-state index contributed by atoms with van der Waals surface area (Å²) in [5, 5.41) is 3.59. The van der Waals surface area contributed by atoms with Crippen LogP contribution in [0.4, 0.5) is 0 Å². The third-order valence-electron chi connectivity index (χ3n) is 5.53. The van der Waals surface area contributed by atoms with E-state index >= 15 is 0 Å². The van der Waals surface area contributed by atoms with Gasteiger partial charge in [-0.2, -0.15) is 17.0 Å². The second-order valence-corrected chi connectivity index (χ2v) is 10.00. The lowest BCUT2D eigenvalue weighted by molar-refractivity contribution is -0.126. The molecule has 0 radical (unpaired) electrons. The second kappa shape index (κ2) is 8.90. The number of hydrogen-bond donors (Lipinski definition) is 1. The Morgan fingerprint density at radius 1 is 1.11 bits per heavy atom. The molecule has 1 N–H and O–H groups in total. The number of carbonyl (C=O) groups excluding carboxylic acids is 1. The van der Waals surface area contributed by atoms with Crippen LogP contribution in [0.5, 0.6) is 0 Å². The Balaban J connectivity index is 1.56. The summed E-state index contributed by atoms with van der Waals surface area (Å²) in [4.78, 5) is 12.6. The Morgan fingerprint density at radius 3 is 2.44 bits per heavy atom. The zero-order valence-electron chi connectivity index (χ0n) is 15.7. The molecule has 3 rings (SSSR count). The third-order valence-corrected chi connectivity index (χ3v) is 7.78. The maximum atomic E-state index is 12.9. The number of carbonyl (C=O) groups is 1. The molecule has 2 fully saturated rings. The third kappa shape index (κ3) is 5.22. The normalized spacial score (nSPS) is 23.3. The molecule has 1 amide bonds. The molecule has 27 heavy (non-hydrogen) atoms. The molecular formula is C19H28ClN3O3S. The molecule has 6 nitrogen and oxygen atoms in total. The van der Waals surface area contributed by atoms with E-state index in [1.807, 2.05) is 12.1 Å². The van der Waals surface area contributed by atoms with Crippen molar-refractivity contribution in [3.8, 4) is 0 Å². The van der Waals surface area contributed by atoms with Crippen LogP contribution in [0, 0.1) is 11.8 Å². The molecule has 1 aromatic carbocycles. The minimum absolute atomic E-state index is 0.0860. The topological polar surface area (TPSA) is 69.7 Å². The average molecular weight is 414 g/mol. The first-order valence-electron chi connectivity index (χ1n) is 9.63. The van der Waals surface area contributed by atoms with Gasteiger partial charge in [0.15, 0.2) is 0 Å². The van der Waals surface area contributed by atoms with Crippen LogP contribution in [-0.4, -0.2) is 49.1 Å². The lowest BCUT2D eigenvalue weighted by atomic mass is 9.99. The average Bonchev–Trinajstić information content (AvgIpc) is 2.68. The molecule has 0 bridgehead atoms. The Bertz CT molecular complexity index is 746. The SMILES string of the molecule is CC1CCN(S(=O)(=O)N2CCCC(C(=O)NCc3ccc(Cl)cc3)C2)CC1. The summed E-state index contributed by atoms with van der Waals surface area (Å²) in [6.07, 6.45) is 3.23. The first-order chi connectivity index (χ1) is 12.9. The quantitative estimate of drug-likeness (QED) is 0.806. The summed E-state index contributed by atoms with van der Waals surface area (Å²) in [6.45, 7) is 4.49. The van der Waals surface area contributed by atoms with Gasteiger partial charge in [-0.25, -0.2) is 0 Å². The predicted molar refractivity (Wildman–Crippen MR) is 106 cm³/mol. The molecule has 1 aromatic rings. The highest BCUT2D eigenvalue weighted by molar-refractivity contribution is 7.86. The molecule has 150 valence electrons. The zero-order chi connectivity index (χ0) is 19.4. The number of rotatable bonds is 5. The largest absolute Gasteiger partial charge is 0.352 e. The number of hydrogen-bond acceptors (Lipinski definition) is 3. The van der Waals surface area contributed by atoms with E-state index in [4.69, 9.17) is 11.6 Å². The number of amides is 1. The van der Waals surface area contributed by atoms with Crippen LogP contribution >= 0.6 is 11.6 Å². The maximum Gasteiger partial charge on any atom is 0.281 e. The molecule has 2 aliphatic heterocycles. The van der Waals surface area contributed by atoms with E-state index in [9.17, 15) is 13.2 Å². The molecule has 2 saturated heterocycles. The van der Waals surface area contributed by atoms with Gasteiger partial charge in [-0.3, -0.25) is 4.79 Å². The molecule has 1 atom stereocenters. The van der Waals surface area contributed by atoms with Gasteiger partial charge >= 0.3 is 0 Å². The smallest absolute Gasteiger partial charge is 0.281 e. The van der Waals surface area contributed by atoms with Crippen LogP contribution < -0.4 is 5.32 Å². The molecule has 0 aliphatic carbocycles. The zero-order valence-corrected chi connectivity index (χ0v) is 17.3. The summed E-state index contributed by atoms with van der Waals surface area (Å²) < 4.78 is 29.0. The minimum Gasteiger partial charge on any atom is -0.352 e. The van der Waals surface area contributed by atoms with Crippen molar-refractivity contribution < 1.29 is 13.2 Å². The summed E-state index contributed by atoms with van der Waals surface area (Å²) in [6, 6.07) is 7.32. The van der Waals surface area contributed by atoms with Crippen molar-refractivity contribution in [2.75, 3.05) is 26.2 Å². The van der Waals surface area contributed by atoms with Crippen LogP contribution in [0.2, 0.25) is 5.02 Å². The highest BCUT2D eigenvalue weighted by Gasteiger charge is 2.36. The van der Waals surface area contributed by atoms with E-state index < -0.39 is 10.2 Å². The van der Waals surface area contributed by atoms with Crippen LogP contribution in [0.25, 0.3) is 0 Å². The monoisotopic (exact) mass is 413 g/mol. The summed E-state index contributed by atoms with van der Waals surface area (Å²) in [5.41, 5.74) is 0.968. The first kappa shape index (κ1) is 20.6. The van der Waals surface area contributed by atoms with E-state index in [1.165, 1.54) is 4.31 Å². The van der Waals surface area contributed by atoms with Gasteiger partial charge in [-0.15, -0.1) is 0 Å². The van der Waals surface area contributed by atoms with E-state index in [-0.39, 0.29) is 18.4 Å². The van der Waals surface area contributed by atoms with Gasteiger partial charge in [-0.05, 0) is 49.3 Å². The van der Waals surface area contributed by atoms with Crippen molar-refractivity contribution in [1.29, 1.82) is 0 Å². The number of benzene rings is 1. The number of piperidine rings is 2. The lowest BCUT2D eigenvalue weighted by Gasteiger charge is -2.37. The fourth-order valence-electron chi connectivity index (χ4n) is 3.68. The van der Waals surface area contributed by atoms with Crippen LogP contribution in [0.15, 0.2) is 24.3 Å². The first-order valence-corrected chi connectivity index (χ1v) is 11.4. The molecule has 2 heterocycles.